The number of carbonyl (C=O) groups excluding carboxylic acids is 1. The summed E-state index contributed by atoms with van der Waals surface area (Å²) in [6, 6.07) is -0.480. The lowest BCUT2D eigenvalue weighted by molar-refractivity contribution is -0.135. The molecule has 2 aliphatic rings. The van der Waals surface area contributed by atoms with Gasteiger partial charge in [0.1, 0.15) is 6.04 Å². The predicted octanol–water partition coefficient (Wildman–Crippen LogP) is 0.140. The second-order valence-corrected chi connectivity index (χ2v) is 7.81. The Hall–Kier alpha value is -0.660. The van der Waals surface area contributed by atoms with Gasteiger partial charge in [0.05, 0.1) is 5.75 Å². The molecule has 2 heterocycles. The molecule has 0 aliphatic carbocycles. The maximum absolute atomic E-state index is 12.6. The predicted molar refractivity (Wildman–Crippen MR) is 77.6 cm³/mol. The van der Waals surface area contributed by atoms with Crippen molar-refractivity contribution in [3.05, 3.63) is 0 Å². The molecule has 6 nitrogen and oxygen atoms in total. The first kappa shape index (κ1) is 15.7. The average Bonchev–Trinajstić information content (AvgIpc) is 2.87. The standard InChI is InChI=1S/C13H25N3O3S/c1-2-9-20(18,19)16-8-4-6-12(16)13(17)15-7-3-5-11(14)10-15/h11-12H,2-10,14H2,1H3. The Labute approximate surface area is 121 Å². The molecule has 116 valence electrons. The lowest BCUT2D eigenvalue weighted by Gasteiger charge is -2.34. The summed E-state index contributed by atoms with van der Waals surface area (Å²) in [7, 11) is -3.30. The molecule has 0 spiro atoms. The minimum atomic E-state index is -3.30. The van der Waals surface area contributed by atoms with Crippen LogP contribution in [0.15, 0.2) is 0 Å². The first-order chi connectivity index (χ1) is 9.45. The number of hydrogen-bond donors (Lipinski definition) is 1. The third kappa shape index (κ3) is 3.32. The fraction of sp³-hybridized carbons (Fsp3) is 0.923. The molecule has 20 heavy (non-hydrogen) atoms. The first-order valence-corrected chi connectivity index (χ1v) is 9.10. The van der Waals surface area contributed by atoms with Crippen molar-refractivity contribution in [2.75, 3.05) is 25.4 Å². The van der Waals surface area contributed by atoms with E-state index in [0.29, 0.717) is 32.5 Å². The second kappa shape index (κ2) is 6.41. The SMILES string of the molecule is CCCS(=O)(=O)N1CCCC1C(=O)N1CCCC(N)C1. The van der Waals surface area contributed by atoms with Crippen LogP contribution in [0, 0.1) is 0 Å². The van der Waals surface area contributed by atoms with Crippen LogP contribution in [0.2, 0.25) is 0 Å². The highest BCUT2D eigenvalue weighted by atomic mass is 32.2. The monoisotopic (exact) mass is 303 g/mol. The number of nitrogens with two attached hydrogens (primary N) is 1. The molecule has 1 amide bonds. The third-order valence-electron chi connectivity index (χ3n) is 4.08. The number of piperidine rings is 1. The first-order valence-electron chi connectivity index (χ1n) is 7.49. The van der Waals surface area contributed by atoms with Gasteiger partial charge in [0.25, 0.3) is 0 Å². The van der Waals surface area contributed by atoms with Gasteiger partial charge in [-0.1, -0.05) is 6.92 Å². The molecule has 0 aromatic heterocycles. The van der Waals surface area contributed by atoms with Crippen molar-refractivity contribution in [1.29, 1.82) is 0 Å². The lowest BCUT2D eigenvalue weighted by atomic mass is 10.1. The summed E-state index contributed by atoms with van der Waals surface area (Å²) in [6.45, 7) is 3.56. The molecule has 0 saturated carbocycles. The normalized spacial score (nSPS) is 28.8. The summed E-state index contributed by atoms with van der Waals surface area (Å²) in [5, 5.41) is 0. The Morgan fingerprint density at radius 2 is 1.95 bits per heavy atom. The van der Waals surface area contributed by atoms with E-state index in [1.807, 2.05) is 6.92 Å². The van der Waals surface area contributed by atoms with E-state index >= 15 is 0 Å². The molecule has 0 aromatic rings. The molecule has 0 aromatic carbocycles. The molecule has 2 N–H and O–H groups in total. The molecule has 0 radical (unpaired) electrons. The van der Waals surface area contributed by atoms with Crippen molar-refractivity contribution in [1.82, 2.24) is 9.21 Å². The number of likely N-dealkylation sites (tertiary alicyclic amines) is 1. The van der Waals surface area contributed by atoms with Crippen molar-refractivity contribution < 1.29 is 13.2 Å². The quantitative estimate of drug-likeness (QED) is 0.801. The molecule has 2 aliphatic heterocycles. The zero-order valence-electron chi connectivity index (χ0n) is 12.1. The Balaban J connectivity index is 2.08. The zero-order chi connectivity index (χ0) is 14.8. The number of amides is 1. The van der Waals surface area contributed by atoms with Crippen LogP contribution < -0.4 is 5.73 Å². The fourth-order valence-electron chi connectivity index (χ4n) is 3.12. The summed E-state index contributed by atoms with van der Waals surface area (Å²) < 4.78 is 25.9. The van der Waals surface area contributed by atoms with Gasteiger partial charge in [-0.15, -0.1) is 0 Å². The highest BCUT2D eigenvalue weighted by molar-refractivity contribution is 7.89. The van der Waals surface area contributed by atoms with E-state index in [1.54, 1.807) is 4.90 Å². The van der Waals surface area contributed by atoms with E-state index in [2.05, 4.69) is 0 Å². The summed E-state index contributed by atoms with van der Waals surface area (Å²) in [5.74, 6) is 0.0633. The number of nitrogens with zero attached hydrogens (tertiary/aromatic N) is 2. The van der Waals surface area contributed by atoms with Crippen LogP contribution in [-0.2, 0) is 14.8 Å². The average molecular weight is 303 g/mol. The van der Waals surface area contributed by atoms with Crippen LogP contribution >= 0.6 is 0 Å². The fourth-order valence-corrected chi connectivity index (χ4v) is 4.86. The van der Waals surface area contributed by atoms with E-state index in [-0.39, 0.29) is 17.7 Å². The minimum Gasteiger partial charge on any atom is -0.340 e. The molecule has 2 unspecified atom stereocenters. The van der Waals surface area contributed by atoms with Gasteiger partial charge in [0.15, 0.2) is 0 Å². The summed E-state index contributed by atoms with van der Waals surface area (Å²) >= 11 is 0. The Morgan fingerprint density at radius 1 is 1.25 bits per heavy atom. The summed E-state index contributed by atoms with van der Waals surface area (Å²) in [6.07, 6.45) is 3.81. The molecule has 0 bridgehead atoms. The Bertz CT molecular complexity index is 452. The van der Waals surface area contributed by atoms with Crippen LogP contribution in [0.5, 0.6) is 0 Å². The van der Waals surface area contributed by atoms with Gasteiger partial charge in [-0.3, -0.25) is 4.79 Å². The summed E-state index contributed by atoms with van der Waals surface area (Å²) in [4.78, 5) is 14.3. The topological polar surface area (TPSA) is 83.7 Å². The van der Waals surface area contributed by atoms with Gasteiger partial charge in [0.2, 0.25) is 15.9 Å². The smallest absolute Gasteiger partial charge is 0.241 e. The van der Waals surface area contributed by atoms with E-state index in [0.717, 1.165) is 19.3 Å². The maximum Gasteiger partial charge on any atom is 0.241 e. The van der Waals surface area contributed by atoms with Gasteiger partial charge in [-0.2, -0.15) is 4.31 Å². The number of rotatable bonds is 4. The molecular weight excluding hydrogens is 278 g/mol. The van der Waals surface area contributed by atoms with Crippen molar-refractivity contribution in [2.45, 2.75) is 51.1 Å². The number of carbonyl (C=O) groups is 1. The van der Waals surface area contributed by atoms with Gasteiger partial charge in [0, 0.05) is 25.7 Å². The van der Waals surface area contributed by atoms with E-state index in [4.69, 9.17) is 5.73 Å². The van der Waals surface area contributed by atoms with Crippen LogP contribution in [-0.4, -0.2) is 61.0 Å². The second-order valence-electron chi connectivity index (χ2n) is 5.77. The van der Waals surface area contributed by atoms with Gasteiger partial charge >= 0.3 is 0 Å². The van der Waals surface area contributed by atoms with E-state index < -0.39 is 16.1 Å². The zero-order valence-corrected chi connectivity index (χ0v) is 12.9. The number of sulfonamides is 1. The van der Waals surface area contributed by atoms with Gasteiger partial charge < -0.3 is 10.6 Å². The lowest BCUT2D eigenvalue weighted by Crippen LogP contribution is -2.53. The third-order valence-corrected chi connectivity index (χ3v) is 6.15. The summed E-state index contributed by atoms with van der Waals surface area (Å²) in [5.41, 5.74) is 5.90. The van der Waals surface area contributed by atoms with Crippen LogP contribution in [0.4, 0.5) is 0 Å². The molecular formula is C13H25N3O3S. The van der Waals surface area contributed by atoms with Crippen molar-refractivity contribution >= 4 is 15.9 Å². The molecule has 2 atom stereocenters. The molecule has 2 saturated heterocycles. The highest BCUT2D eigenvalue weighted by Crippen LogP contribution is 2.24. The van der Waals surface area contributed by atoms with Crippen LogP contribution in [0.25, 0.3) is 0 Å². The largest absolute Gasteiger partial charge is 0.340 e. The molecule has 2 fully saturated rings. The Kier molecular flexibility index (Phi) is 5.04. The van der Waals surface area contributed by atoms with Gasteiger partial charge in [-0.05, 0) is 32.1 Å². The number of hydrogen-bond acceptors (Lipinski definition) is 4. The van der Waals surface area contributed by atoms with Gasteiger partial charge in [-0.25, -0.2) is 8.42 Å². The van der Waals surface area contributed by atoms with Crippen molar-refractivity contribution in [3.8, 4) is 0 Å². The maximum atomic E-state index is 12.6. The van der Waals surface area contributed by atoms with Crippen LogP contribution in [0.3, 0.4) is 0 Å². The molecule has 2 rings (SSSR count). The Morgan fingerprint density at radius 3 is 2.60 bits per heavy atom. The van der Waals surface area contributed by atoms with Crippen molar-refractivity contribution in [2.24, 2.45) is 5.73 Å². The van der Waals surface area contributed by atoms with E-state index in [9.17, 15) is 13.2 Å². The van der Waals surface area contributed by atoms with Crippen LogP contribution in [0.1, 0.15) is 39.0 Å². The molecule has 7 heteroatoms. The van der Waals surface area contributed by atoms with Crippen molar-refractivity contribution in [3.63, 3.8) is 0 Å². The minimum absolute atomic E-state index is 0.0230. The van der Waals surface area contributed by atoms with E-state index in [1.165, 1.54) is 4.31 Å². The highest BCUT2D eigenvalue weighted by Gasteiger charge is 2.40.